The zero-order valence-electron chi connectivity index (χ0n) is 20.7. The number of halogens is 3. The van der Waals surface area contributed by atoms with Crippen molar-refractivity contribution < 1.29 is 24.3 Å². The van der Waals surface area contributed by atoms with E-state index in [4.69, 9.17) is 49.2 Å². The van der Waals surface area contributed by atoms with E-state index < -0.39 is 11.6 Å². The Morgan fingerprint density at radius 3 is 2.28 bits per heavy atom. The van der Waals surface area contributed by atoms with Crippen molar-refractivity contribution in [1.82, 2.24) is 5.16 Å². The van der Waals surface area contributed by atoms with E-state index in [1.807, 2.05) is 0 Å². The molecule has 200 valence electrons. The van der Waals surface area contributed by atoms with E-state index in [-0.39, 0.29) is 18.1 Å². The van der Waals surface area contributed by atoms with Crippen LogP contribution in [0, 0.1) is 0 Å². The summed E-state index contributed by atoms with van der Waals surface area (Å²) >= 11 is 19.5. The average Bonchev–Trinajstić information content (AvgIpc) is 3.66. The zero-order valence-corrected chi connectivity index (χ0v) is 22.9. The molecule has 0 amide bonds. The van der Waals surface area contributed by atoms with Gasteiger partial charge in [0.2, 0.25) is 0 Å². The maximum atomic E-state index is 11.3. The molecular weight excluding hydrogens is 561 g/mol. The molecule has 6 rings (SSSR count). The molecule has 2 N–H and O–H groups in total. The van der Waals surface area contributed by atoms with Crippen LogP contribution in [0.25, 0.3) is 11.3 Å². The van der Waals surface area contributed by atoms with Gasteiger partial charge in [-0.2, -0.15) is 0 Å². The molecule has 1 aromatic heterocycles. The number of rotatable bonds is 8. The molecule has 0 atom stereocenters. The van der Waals surface area contributed by atoms with Gasteiger partial charge in [0.05, 0.1) is 31.8 Å². The summed E-state index contributed by atoms with van der Waals surface area (Å²) in [6, 6.07) is 17.4. The van der Waals surface area contributed by atoms with Gasteiger partial charge in [0.1, 0.15) is 23.8 Å². The molecule has 39 heavy (non-hydrogen) atoms. The highest BCUT2D eigenvalue weighted by atomic mass is 35.5. The first-order chi connectivity index (χ1) is 18.7. The van der Waals surface area contributed by atoms with E-state index in [1.165, 1.54) is 0 Å². The summed E-state index contributed by atoms with van der Waals surface area (Å²) in [5.74, 6) is 0.798. The van der Waals surface area contributed by atoms with Crippen LogP contribution >= 0.6 is 34.8 Å². The third-order valence-electron chi connectivity index (χ3n) is 7.59. The number of carbonyl (C=O) groups is 1. The van der Waals surface area contributed by atoms with Crippen molar-refractivity contribution in [1.29, 1.82) is 0 Å². The van der Waals surface area contributed by atoms with Gasteiger partial charge in [0.15, 0.2) is 0 Å². The molecule has 0 unspecified atom stereocenters. The zero-order chi connectivity index (χ0) is 27.3. The van der Waals surface area contributed by atoms with Crippen LogP contribution in [-0.4, -0.2) is 21.3 Å². The van der Waals surface area contributed by atoms with E-state index in [0.29, 0.717) is 56.4 Å². The van der Waals surface area contributed by atoms with Gasteiger partial charge in [0.25, 0.3) is 0 Å². The Kier molecular flexibility index (Phi) is 6.84. The second-order valence-electron chi connectivity index (χ2n) is 10.2. The summed E-state index contributed by atoms with van der Waals surface area (Å²) in [5, 5.41) is 26.0. The first-order valence-electron chi connectivity index (χ1n) is 12.6. The average molecular weight is 585 g/mol. The Labute approximate surface area is 240 Å². The lowest BCUT2D eigenvalue weighted by molar-refractivity contribution is -0.0549. The van der Waals surface area contributed by atoms with Crippen LogP contribution in [0.3, 0.4) is 0 Å². The van der Waals surface area contributed by atoms with E-state index in [0.717, 1.165) is 29.7 Å². The van der Waals surface area contributed by atoms with Gasteiger partial charge in [-0.15, -0.1) is 0 Å². The molecule has 0 saturated heterocycles. The third-order valence-corrected chi connectivity index (χ3v) is 8.53. The van der Waals surface area contributed by atoms with Crippen molar-refractivity contribution in [2.24, 2.45) is 0 Å². The number of hydrogen-bond donors (Lipinski definition) is 2. The number of hydrogen-bond acceptors (Lipinski definition) is 5. The molecule has 2 aliphatic carbocycles. The second kappa shape index (κ2) is 10.2. The third kappa shape index (κ3) is 5.03. The summed E-state index contributed by atoms with van der Waals surface area (Å²) in [5.41, 5.74) is 2.81. The van der Waals surface area contributed by atoms with E-state index in [2.05, 4.69) is 5.16 Å². The fourth-order valence-electron chi connectivity index (χ4n) is 5.28. The summed E-state index contributed by atoms with van der Waals surface area (Å²) in [7, 11) is 0. The highest BCUT2D eigenvalue weighted by Crippen LogP contribution is 2.53. The van der Waals surface area contributed by atoms with E-state index in [1.54, 1.807) is 60.7 Å². The van der Waals surface area contributed by atoms with Crippen molar-refractivity contribution in [3.05, 3.63) is 104 Å². The molecule has 1 heterocycles. The Bertz CT molecular complexity index is 1540. The standard InChI is InChI=1S/C30H24Cl3NO5/c31-23-2-1-3-24(32)26(23)27-21(28(39-34-27)17-6-7-17)15-38-20-10-11-22(25(33)12-20)30(37)13-19(14-30)16-4-8-18(9-5-16)29(35)36/h1-5,8-12,17,19,37H,6-7,13-15H2,(H,35,36)/t19-,30+. The van der Waals surface area contributed by atoms with Crippen LogP contribution in [0.2, 0.25) is 15.1 Å². The van der Waals surface area contributed by atoms with E-state index in [9.17, 15) is 9.90 Å². The fourth-order valence-corrected chi connectivity index (χ4v) is 6.20. The monoisotopic (exact) mass is 583 g/mol. The Morgan fingerprint density at radius 1 is 0.974 bits per heavy atom. The number of carboxylic acids is 1. The Balaban J connectivity index is 1.18. The van der Waals surface area contributed by atoms with Gasteiger partial charge in [-0.05, 0) is 73.6 Å². The van der Waals surface area contributed by atoms with Crippen molar-refractivity contribution >= 4 is 40.8 Å². The Hall–Kier alpha value is -3.03. The topological polar surface area (TPSA) is 92.8 Å². The van der Waals surface area contributed by atoms with Gasteiger partial charge in [-0.1, -0.05) is 64.2 Å². The maximum absolute atomic E-state index is 11.3. The van der Waals surface area contributed by atoms with Gasteiger partial charge in [0, 0.05) is 17.0 Å². The number of nitrogens with zero attached hydrogens (tertiary/aromatic N) is 1. The molecule has 0 aliphatic heterocycles. The predicted octanol–water partition coefficient (Wildman–Crippen LogP) is 8.22. The van der Waals surface area contributed by atoms with Gasteiger partial charge in [-0.25, -0.2) is 4.79 Å². The predicted molar refractivity (Wildman–Crippen MR) is 149 cm³/mol. The van der Waals surface area contributed by atoms with Crippen molar-refractivity contribution in [2.75, 3.05) is 0 Å². The first kappa shape index (κ1) is 26.2. The SMILES string of the molecule is O=C(O)c1ccc([C@H]2C[C@](O)(c3ccc(OCc4c(-c5c(Cl)cccc5Cl)noc4C4CC4)cc3Cl)C2)cc1. The number of ether oxygens (including phenoxy) is 1. The normalized spacial score (nSPS) is 20.5. The minimum atomic E-state index is -1.06. The Morgan fingerprint density at radius 2 is 1.67 bits per heavy atom. The van der Waals surface area contributed by atoms with Crippen molar-refractivity contribution in [2.45, 2.75) is 49.7 Å². The first-order valence-corrected chi connectivity index (χ1v) is 13.8. The molecule has 4 aromatic rings. The van der Waals surface area contributed by atoms with Gasteiger partial charge < -0.3 is 19.5 Å². The molecule has 0 spiro atoms. The maximum Gasteiger partial charge on any atom is 0.335 e. The van der Waals surface area contributed by atoms with Gasteiger partial charge in [-0.3, -0.25) is 0 Å². The van der Waals surface area contributed by atoms with Crippen LogP contribution in [0.5, 0.6) is 5.75 Å². The molecule has 2 saturated carbocycles. The van der Waals surface area contributed by atoms with Crippen LogP contribution in [-0.2, 0) is 12.2 Å². The van der Waals surface area contributed by atoms with Crippen molar-refractivity contribution in [3.8, 4) is 17.0 Å². The molecular formula is C30H24Cl3NO5. The molecule has 6 nitrogen and oxygen atoms in total. The lowest BCUT2D eigenvalue weighted by Crippen LogP contribution is -2.40. The summed E-state index contributed by atoms with van der Waals surface area (Å²) < 4.78 is 11.8. The second-order valence-corrected chi connectivity index (χ2v) is 11.5. The highest BCUT2D eigenvalue weighted by molar-refractivity contribution is 6.39. The molecule has 9 heteroatoms. The highest BCUT2D eigenvalue weighted by Gasteiger charge is 2.45. The quantitative estimate of drug-likeness (QED) is 0.217. The minimum Gasteiger partial charge on any atom is -0.489 e. The molecule has 2 aliphatic rings. The minimum absolute atomic E-state index is 0.120. The van der Waals surface area contributed by atoms with E-state index >= 15 is 0 Å². The summed E-state index contributed by atoms with van der Waals surface area (Å²) in [4.78, 5) is 11.1. The summed E-state index contributed by atoms with van der Waals surface area (Å²) in [6.45, 7) is 0.195. The van der Waals surface area contributed by atoms with Crippen LogP contribution in [0.1, 0.15) is 70.3 Å². The van der Waals surface area contributed by atoms with Gasteiger partial charge >= 0.3 is 5.97 Å². The van der Waals surface area contributed by atoms with Crippen LogP contribution in [0.4, 0.5) is 0 Å². The smallest absolute Gasteiger partial charge is 0.335 e. The lowest BCUT2D eigenvalue weighted by Gasteiger charge is -2.44. The largest absolute Gasteiger partial charge is 0.489 e. The number of carboxylic acid groups (broad SMARTS) is 1. The molecule has 3 aromatic carbocycles. The molecule has 2 fully saturated rings. The number of aromatic carboxylic acids is 1. The van der Waals surface area contributed by atoms with Crippen LogP contribution in [0.15, 0.2) is 65.2 Å². The molecule has 0 radical (unpaired) electrons. The number of aromatic nitrogens is 1. The van der Waals surface area contributed by atoms with Crippen LogP contribution < -0.4 is 4.74 Å². The number of benzene rings is 3. The lowest BCUT2D eigenvalue weighted by atomic mass is 9.65. The fraction of sp³-hybridized carbons (Fsp3) is 0.267. The number of aliphatic hydroxyl groups is 1. The summed E-state index contributed by atoms with van der Waals surface area (Å²) in [6.07, 6.45) is 3.04. The van der Waals surface area contributed by atoms with Crippen molar-refractivity contribution in [3.63, 3.8) is 0 Å². The molecule has 0 bridgehead atoms.